The van der Waals surface area contributed by atoms with Crippen LogP contribution in [0.25, 0.3) is 0 Å². The fourth-order valence-corrected chi connectivity index (χ4v) is 3.04. The van der Waals surface area contributed by atoms with E-state index in [4.69, 9.17) is 10.5 Å². The molecule has 0 heterocycles. The topological polar surface area (TPSA) is 81.4 Å². The highest BCUT2D eigenvalue weighted by Crippen LogP contribution is 2.10. The summed E-state index contributed by atoms with van der Waals surface area (Å²) in [5.41, 5.74) is 6.86. The van der Waals surface area contributed by atoms with Gasteiger partial charge in [-0.2, -0.15) is 0 Å². The number of sulfonamides is 1. The van der Waals surface area contributed by atoms with Crippen molar-refractivity contribution in [2.24, 2.45) is 0 Å². The summed E-state index contributed by atoms with van der Waals surface area (Å²) in [7, 11) is -1.75. The summed E-state index contributed by atoms with van der Waals surface area (Å²) in [6.07, 6.45) is 0.645. The molecule has 1 atom stereocenters. The Morgan fingerprint density at radius 3 is 2.78 bits per heavy atom. The van der Waals surface area contributed by atoms with Gasteiger partial charge in [0.2, 0.25) is 10.0 Å². The lowest BCUT2D eigenvalue weighted by molar-refractivity contribution is 0.188. The SMILES string of the molecule is COCCC(C)NS(=O)(=O)Cc1cccc(N)c1. The van der Waals surface area contributed by atoms with Crippen LogP contribution in [0.5, 0.6) is 0 Å². The van der Waals surface area contributed by atoms with Gasteiger partial charge in [0.05, 0.1) is 5.75 Å². The largest absolute Gasteiger partial charge is 0.399 e. The Balaban J connectivity index is 2.59. The van der Waals surface area contributed by atoms with E-state index in [2.05, 4.69) is 4.72 Å². The van der Waals surface area contributed by atoms with E-state index in [-0.39, 0.29) is 11.8 Å². The number of ether oxygens (including phenoxy) is 1. The highest BCUT2D eigenvalue weighted by atomic mass is 32.2. The van der Waals surface area contributed by atoms with Crippen LogP contribution in [0, 0.1) is 0 Å². The third kappa shape index (κ3) is 5.48. The standard InChI is InChI=1S/C12H20N2O3S/c1-10(6-7-17-2)14-18(15,16)9-11-4-3-5-12(13)8-11/h3-5,8,10,14H,6-7,9,13H2,1-2H3. The molecule has 0 spiro atoms. The lowest BCUT2D eigenvalue weighted by atomic mass is 10.2. The summed E-state index contributed by atoms with van der Waals surface area (Å²) in [6.45, 7) is 2.35. The normalized spacial score (nSPS) is 13.4. The van der Waals surface area contributed by atoms with Gasteiger partial charge in [-0.1, -0.05) is 12.1 Å². The smallest absolute Gasteiger partial charge is 0.216 e. The Bertz CT molecular complexity index is 474. The van der Waals surface area contributed by atoms with Crippen LogP contribution in [-0.2, 0) is 20.5 Å². The molecule has 6 heteroatoms. The molecule has 0 fully saturated rings. The molecule has 0 amide bonds. The van der Waals surface area contributed by atoms with Crippen LogP contribution in [-0.4, -0.2) is 28.2 Å². The van der Waals surface area contributed by atoms with Gasteiger partial charge in [-0.25, -0.2) is 13.1 Å². The summed E-state index contributed by atoms with van der Waals surface area (Å²) in [5, 5.41) is 0. The Morgan fingerprint density at radius 1 is 1.44 bits per heavy atom. The summed E-state index contributed by atoms with van der Waals surface area (Å²) >= 11 is 0. The van der Waals surface area contributed by atoms with E-state index in [1.807, 2.05) is 6.92 Å². The maximum absolute atomic E-state index is 11.9. The summed E-state index contributed by atoms with van der Waals surface area (Å²) in [6, 6.07) is 6.74. The maximum Gasteiger partial charge on any atom is 0.216 e. The van der Waals surface area contributed by atoms with E-state index in [1.165, 1.54) is 0 Å². The number of nitrogens with one attached hydrogen (secondary N) is 1. The number of nitrogen functional groups attached to an aromatic ring is 1. The third-order valence-corrected chi connectivity index (χ3v) is 3.92. The van der Waals surface area contributed by atoms with E-state index in [0.29, 0.717) is 24.3 Å². The molecule has 0 saturated heterocycles. The number of anilines is 1. The van der Waals surface area contributed by atoms with Crippen molar-refractivity contribution in [3.05, 3.63) is 29.8 Å². The highest BCUT2D eigenvalue weighted by Gasteiger charge is 2.15. The molecule has 0 aromatic heterocycles. The maximum atomic E-state index is 11.9. The average molecular weight is 272 g/mol. The number of hydrogen-bond donors (Lipinski definition) is 2. The first-order valence-corrected chi connectivity index (χ1v) is 7.41. The number of methoxy groups -OCH3 is 1. The monoisotopic (exact) mass is 272 g/mol. The molecule has 1 aromatic rings. The van der Waals surface area contributed by atoms with Crippen molar-refractivity contribution in [1.82, 2.24) is 4.72 Å². The molecule has 18 heavy (non-hydrogen) atoms. The van der Waals surface area contributed by atoms with Crippen LogP contribution in [0.2, 0.25) is 0 Å². The second-order valence-electron chi connectivity index (χ2n) is 4.30. The molecule has 102 valence electrons. The van der Waals surface area contributed by atoms with Gasteiger partial charge >= 0.3 is 0 Å². The Kier molecular flexibility index (Phi) is 5.58. The van der Waals surface area contributed by atoms with E-state index < -0.39 is 10.0 Å². The van der Waals surface area contributed by atoms with Gasteiger partial charge in [0.1, 0.15) is 0 Å². The van der Waals surface area contributed by atoms with Gasteiger partial charge in [-0.3, -0.25) is 0 Å². The summed E-state index contributed by atoms with van der Waals surface area (Å²) in [4.78, 5) is 0. The molecule has 0 aliphatic rings. The number of rotatable bonds is 7. The molecule has 0 bridgehead atoms. The lowest BCUT2D eigenvalue weighted by Crippen LogP contribution is -2.34. The van der Waals surface area contributed by atoms with Crippen molar-refractivity contribution in [3.63, 3.8) is 0 Å². The Labute approximate surface area is 108 Å². The van der Waals surface area contributed by atoms with Crippen LogP contribution in [0.3, 0.4) is 0 Å². The quantitative estimate of drug-likeness (QED) is 0.729. The van der Waals surface area contributed by atoms with Crippen molar-refractivity contribution in [2.75, 3.05) is 19.5 Å². The van der Waals surface area contributed by atoms with Gasteiger partial charge in [-0.15, -0.1) is 0 Å². The predicted molar refractivity (Wildman–Crippen MR) is 72.6 cm³/mol. The van der Waals surface area contributed by atoms with Crippen LogP contribution in [0.1, 0.15) is 18.9 Å². The first kappa shape index (κ1) is 14.9. The van der Waals surface area contributed by atoms with Crippen molar-refractivity contribution >= 4 is 15.7 Å². The number of benzene rings is 1. The van der Waals surface area contributed by atoms with E-state index in [0.717, 1.165) is 0 Å². The minimum atomic E-state index is -3.34. The van der Waals surface area contributed by atoms with Gasteiger partial charge in [0, 0.05) is 25.4 Å². The van der Waals surface area contributed by atoms with Crippen molar-refractivity contribution in [1.29, 1.82) is 0 Å². The van der Waals surface area contributed by atoms with E-state index >= 15 is 0 Å². The number of nitrogens with two attached hydrogens (primary N) is 1. The molecule has 0 radical (unpaired) electrons. The molecule has 1 aromatic carbocycles. The van der Waals surface area contributed by atoms with Gasteiger partial charge in [-0.05, 0) is 31.0 Å². The van der Waals surface area contributed by atoms with Crippen molar-refractivity contribution in [2.45, 2.75) is 25.1 Å². The highest BCUT2D eigenvalue weighted by molar-refractivity contribution is 7.88. The second kappa shape index (κ2) is 6.72. The zero-order chi connectivity index (χ0) is 13.6. The fraction of sp³-hybridized carbons (Fsp3) is 0.500. The zero-order valence-corrected chi connectivity index (χ0v) is 11.5. The average Bonchev–Trinajstić information content (AvgIpc) is 2.24. The summed E-state index contributed by atoms with van der Waals surface area (Å²) < 4.78 is 31.3. The Hall–Kier alpha value is -1.11. The molecular formula is C12H20N2O3S. The predicted octanol–water partition coefficient (Wildman–Crippen LogP) is 1.11. The van der Waals surface area contributed by atoms with Crippen molar-refractivity contribution < 1.29 is 13.2 Å². The van der Waals surface area contributed by atoms with Gasteiger partial charge < -0.3 is 10.5 Å². The van der Waals surface area contributed by atoms with E-state index in [1.54, 1.807) is 31.4 Å². The molecule has 1 rings (SSSR count). The molecule has 3 N–H and O–H groups in total. The minimum absolute atomic E-state index is 0.0602. The molecule has 0 aliphatic heterocycles. The summed E-state index contributed by atoms with van der Waals surface area (Å²) in [5.74, 6) is -0.0602. The second-order valence-corrected chi connectivity index (χ2v) is 6.06. The third-order valence-electron chi connectivity index (χ3n) is 2.44. The fourth-order valence-electron chi connectivity index (χ4n) is 1.60. The van der Waals surface area contributed by atoms with Gasteiger partial charge in [0.25, 0.3) is 0 Å². The molecule has 0 aliphatic carbocycles. The van der Waals surface area contributed by atoms with Crippen LogP contribution >= 0.6 is 0 Å². The lowest BCUT2D eigenvalue weighted by Gasteiger charge is -2.13. The van der Waals surface area contributed by atoms with Crippen LogP contribution in [0.4, 0.5) is 5.69 Å². The van der Waals surface area contributed by atoms with E-state index in [9.17, 15) is 8.42 Å². The van der Waals surface area contributed by atoms with Gasteiger partial charge in [0.15, 0.2) is 0 Å². The van der Waals surface area contributed by atoms with Crippen LogP contribution < -0.4 is 10.5 Å². The minimum Gasteiger partial charge on any atom is -0.399 e. The first-order valence-electron chi connectivity index (χ1n) is 5.76. The van der Waals surface area contributed by atoms with Crippen molar-refractivity contribution in [3.8, 4) is 0 Å². The molecular weight excluding hydrogens is 252 g/mol. The Morgan fingerprint density at radius 2 is 2.17 bits per heavy atom. The number of hydrogen-bond acceptors (Lipinski definition) is 4. The van der Waals surface area contributed by atoms with Crippen LogP contribution in [0.15, 0.2) is 24.3 Å². The first-order chi connectivity index (χ1) is 8.43. The molecule has 1 unspecified atom stereocenters. The zero-order valence-electron chi connectivity index (χ0n) is 10.7. The molecule has 5 nitrogen and oxygen atoms in total. The molecule has 0 saturated carbocycles.